The van der Waals surface area contributed by atoms with Crippen molar-refractivity contribution in [2.45, 2.75) is 53.4 Å². The lowest BCUT2D eigenvalue weighted by molar-refractivity contribution is -0.129. The molecule has 8 aromatic rings. The molecule has 0 aliphatic carbocycles. The lowest BCUT2D eigenvalue weighted by atomic mass is 10.00. The molecule has 0 spiro atoms. The van der Waals surface area contributed by atoms with Gasteiger partial charge in [0, 0.05) is 223 Å². The van der Waals surface area contributed by atoms with E-state index in [9.17, 15) is 26.4 Å². The van der Waals surface area contributed by atoms with Crippen molar-refractivity contribution in [3.8, 4) is 11.5 Å². The molecule has 0 unspecified atom stereocenters. The minimum atomic E-state index is -3.10. The molecular formula is C62H84N12O8S2. The van der Waals surface area contributed by atoms with Crippen molar-refractivity contribution in [3.63, 3.8) is 0 Å². The molecule has 12 rings (SSSR count). The molecule has 4 aromatic carbocycles. The van der Waals surface area contributed by atoms with Crippen LogP contribution in [0.15, 0.2) is 97.6 Å². The number of aromatic amines is 4. The van der Waals surface area contributed by atoms with Gasteiger partial charge in [-0.15, -0.1) is 0 Å². The summed E-state index contributed by atoms with van der Waals surface area (Å²) in [4.78, 5) is 49.0. The third-order valence-corrected chi connectivity index (χ3v) is 19.2. The fourth-order valence-corrected chi connectivity index (χ4v) is 13.2. The van der Waals surface area contributed by atoms with Crippen molar-refractivity contribution in [3.05, 3.63) is 109 Å². The highest BCUT2D eigenvalue weighted by Gasteiger charge is 2.28. The summed E-state index contributed by atoms with van der Waals surface area (Å²) >= 11 is 0. The van der Waals surface area contributed by atoms with E-state index < -0.39 is 20.0 Å². The fraction of sp³-hybridized carbons (Fsp3) is 0.452. The van der Waals surface area contributed by atoms with Gasteiger partial charge in [0.05, 0.1) is 37.8 Å². The van der Waals surface area contributed by atoms with E-state index in [1.165, 1.54) is 66.7 Å². The molecule has 22 heteroatoms. The van der Waals surface area contributed by atoms with Crippen LogP contribution < -0.4 is 29.1 Å². The number of carbonyl (C=O) groups is 2. The standard InChI is InChI=1S/C17H23N3O.C16H23N3O2S.C15H19N3O2.C14H19N3O3S/c1-12(2)14-10-16-15(4-5-18-16)17(11-14)20-8-6-19(7-9-20)13(3)21;1-12(2)13-10-15-14(4-5-17-15)16(11-13)18-6-8-19(9-7-18)22(3,20)21;1-11(19)17-5-7-18(8-6-17)15-10-12(20-2)9-14-13(15)3-4-16-14;1-20-11-9-13-12(3-4-15-13)14(10-11)16-5-7-17(8-6-16)21(2,18)19/h4-5,10-12,18H,6-9H2,1-3H3;4-5,10-12,17H,6-9H2,1-3H3;3-4,9-10,16H,5-8H2,1-2H3;3-4,9-10,15H,5-8H2,1-2H3. The summed E-state index contributed by atoms with van der Waals surface area (Å²) in [5.74, 6) is 2.95. The van der Waals surface area contributed by atoms with Crippen LogP contribution in [-0.2, 0) is 29.6 Å². The van der Waals surface area contributed by atoms with Crippen LogP contribution in [0, 0.1) is 0 Å². The topological polar surface area (TPSA) is 210 Å². The number of sulfonamides is 2. The van der Waals surface area contributed by atoms with Crippen molar-refractivity contribution in [1.29, 1.82) is 0 Å². The first-order chi connectivity index (χ1) is 40.1. The Bertz CT molecular complexity index is 3780. The van der Waals surface area contributed by atoms with Crippen LogP contribution in [0.3, 0.4) is 0 Å². The highest BCUT2D eigenvalue weighted by atomic mass is 32.2. The number of rotatable bonds is 10. The second-order valence-corrected chi connectivity index (χ2v) is 26.7. The fourth-order valence-electron chi connectivity index (χ4n) is 11.6. The number of piperazine rings is 4. The lowest BCUT2D eigenvalue weighted by Crippen LogP contribution is -2.48. The van der Waals surface area contributed by atoms with Crippen molar-refractivity contribution >= 4 is 98.2 Å². The Balaban J connectivity index is 0.000000134. The molecule has 4 saturated heterocycles. The molecule has 0 saturated carbocycles. The Hall–Kier alpha value is -7.40. The number of hydrogen-bond donors (Lipinski definition) is 4. The van der Waals surface area contributed by atoms with Gasteiger partial charge >= 0.3 is 0 Å². The number of benzene rings is 4. The number of hydrogen-bond acceptors (Lipinski definition) is 12. The molecule has 4 aliphatic rings. The number of ether oxygens (including phenoxy) is 2. The van der Waals surface area contributed by atoms with Crippen molar-refractivity contribution in [2.75, 3.05) is 151 Å². The van der Waals surface area contributed by atoms with Crippen LogP contribution in [0.25, 0.3) is 43.6 Å². The number of aromatic nitrogens is 4. The maximum Gasteiger partial charge on any atom is 0.219 e. The maximum atomic E-state index is 11.6. The van der Waals surface area contributed by atoms with Crippen molar-refractivity contribution in [1.82, 2.24) is 38.3 Å². The van der Waals surface area contributed by atoms with Gasteiger partial charge in [-0.25, -0.2) is 16.8 Å². The van der Waals surface area contributed by atoms with Gasteiger partial charge in [0.1, 0.15) is 11.5 Å². The van der Waals surface area contributed by atoms with Gasteiger partial charge in [0.25, 0.3) is 0 Å². The Morgan fingerprint density at radius 1 is 0.405 bits per heavy atom. The van der Waals surface area contributed by atoms with Gasteiger partial charge in [0.15, 0.2) is 0 Å². The van der Waals surface area contributed by atoms with E-state index in [1.54, 1.807) is 32.4 Å². The Kier molecular flexibility index (Phi) is 19.1. The predicted molar refractivity (Wildman–Crippen MR) is 341 cm³/mol. The van der Waals surface area contributed by atoms with Crippen LogP contribution in [-0.4, -0.2) is 198 Å². The maximum absolute atomic E-state index is 11.6. The minimum Gasteiger partial charge on any atom is -0.497 e. The number of nitrogens with one attached hydrogen (secondary N) is 4. The zero-order chi connectivity index (χ0) is 60.0. The Morgan fingerprint density at radius 2 is 0.667 bits per heavy atom. The Morgan fingerprint density at radius 3 is 0.917 bits per heavy atom. The van der Waals surface area contributed by atoms with E-state index in [2.05, 4.69) is 116 Å². The molecule has 20 nitrogen and oxygen atoms in total. The number of H-pyrrole nitrogens is 4. The zero-order valence-corrected chi connectivity index (χ0v) is 52.0. The quantitative estimate of drug-likeness (QED) is 0.102. The summed E-state index contributed by atoms with van der Waals surface area (Å²) in [5.41, 5.74) is 11.9. The van der Waals surface area contributed by atoms with Gasteiger partial charge in [-0.1, -0.05) is 27.7 Å². The largest absolute Gasteiger partial charge is 0.497 e. The number of nitrogens with zero attached hydrogens (tertiary/aromatic N) is 8. The van der Waals surface area contributed by atoms with E-state index in [0.717, 1.165) is 105 Å². The van der Waals surface area contributed by atoms with E-state index in [4.69, 9.17) is 9.47 Å². The summed E-state index contributed by atoms with van der Waals surface area (Å²) < 4.78 is 60.3. The summed E-state index contributed by atoms with van der Waals surface area (Å²) in [6.45, 7) is 23.8. The molecule has 0 radical (unpaired) electrons. The number of methoxy groups -OCH3 is 2. The molecule has 4 N–H and O–H groups in total. The average Bonchev–Trinajstić information content (AvgIpc) is 2.60. The summed E-state index contributed by atoms with van der Waals surface area (Å²) in [6.07, 6.45) is 10.4. The molecule has 8 heterocycles. The third-order valence-electron chi connectivity index (χ3n) is 16.6. The van der Waals surface area contributed by atoms with Crippen LogP contribution in [0.1, 0.15) is 64.5 Å². The van der Waals surface area contributed by atoms with Crippen LogP contribution >= 0.6 is 0 Å². The van der Waals surface area contributed by atoms with Gasteiger partial charge < -0.3 is 58.8 Å². The zero-order valence-electron chi connectivity index (χ0n) is 50.4. The average molecular weight is 1190 g/mol. The second-order valence-electron chi connectivity index (χ2n) is 22.7. The van der Waals surface area contributed by atoms with Crippen LogP contribution in [0.5, 0.6) is 11.5 Å². The number of anilines is 4. The number of amides is 2. The van der Waals surface area contributed by atoms with Gasteiger partial charge in [-0.05, 0) is 71.5 Å². The first kappa shape index (κ1) is 61.2. The lowest BCUT2D eigenvalue weighted by Gasteiger charge is -2.36. The molecule has 4 aliphatic heterocycles. The summed E-state index contributed by atoms with van der Waals surface area (Å²) in [6, 6.07) is 25.4. The van der Waals surface area contributed by atoms with Crippen LogP contribution in [0.2, 0.25) is 0 Å². The first-order valence-corrected chi connectivity index (χ1v) is 32.7. The minimum absolute atomic E-state index is 0.155. The Labute approximate surface area is 494 Å². The van der Waals surface area contributed by atoms with E-state index in [1.807, 2.05) is 58.9 Å². The molecule has 452 valence electrons. The normalized spacial score (nSPS) is 16.7. The summed E-state index contributed by atoms with van der Waals surface area (Å²) in [7, 11) is -2.85. The molecule has 0 atom stereocenters. The molecule has 4 fully saturated rings. The number of carbonyl (C=O) groups excluding carboxylic acids is 2. The van der Waals surface area contributed by atoms with Crippen molar-refractivity contribution in [2.24, 2.45) is 0 Å². The summed E-state index contributed by atoms with van der Waals surface area (Å²) in [5, 5.41) is 4.80. The van der Waals surface area contributed by atoms with Crippen LogP contribution in [0.4, 0.5) is 22.7 Å². The van der Waals surface area contributed by atoms with E-state index in [0.29, 0.717) is 51.1 Å². The second kappa shape index (κ2) is 26.3. The first-order valence-electron chi connectivity index (χ1n) is 29.0. The highest BCUT2D eigenvalue weighted by molar-refractivity contribution is 7.88. The molecule has 4 aromatic heterocycles. The smallest absolute Gasteiger partial charge is 0.219 e. The molecular weight excluding hydrogens is 1100 g/mol. The van der Waals surface area contributed by atoms with Crippen molar-refractivity contribution < 1.29 is 35.9 Å². The SMILES string of the molecule is CC(=O)N1CCN(c2cc(C(C)C)cc3[nH]ccc23)CC1.CC(C)c1cc(N2CCN(S(C)(=O)=O)CC2)c2cc[nH]c2c1.COc1cc(N2CCN(C(C)=O)CC2)c2cc[nH]c2c1.COc1cc(N2CCN(S(C)(=O)=O)CC2)c2cc[nH]c2c1. The van der Waals surface area contributed by atoms with E-state index in [-0.39, 0.29) is 11.8 Å². The van der Waals surface area contributed by atoms with Gasteiger partial charge in [-0.3, -0.25) is 9.59 Å². The van der Waals surface area contributed by atoms with E-state index >= 15 is 0 Å². The molecule has 84 heavy (non-hydrogen) atoms. The number of fused-ring (bicyclic) bond motifs is 4. The monoisotopic (exact) mass is 1190 g/mol. The van der Waals surface area contributed by atoms with Gasteiger partial charge in [-0.2, -0.15) is 8.61 Å². The predicted octanol–water partition coefficient (Wildman–Crippen LogP) is 8.44. The third kappa shape index (κ3) is 14.2. The highest BCUT2D eigenvalue weighted by Crippen LogP contribution is 2.36. The van der Waals surface area contributed by atoms with Gasteiger partial charge in [0.2, 0.25) is 31.9 Å². The molecule has 0 bridgehead atoms. The molecule has 2 amide bonds.